The molecule has 0 atom stereocenters. The van der Waals surface area contributed by atoms with Crippen LogP contribution in [0.5, 0.6) is 0 Å². The number of para-hydroxylation sites is 1. The first kappa shape index (κ1) is 8.09. The van der Waals surface area contributed by atoms with Crippen molar-refractivity contribution in [3.05, 3.63) is 28.8 Å². The fourth-order valence-corrected chi connectivity index (χ4v) is 1.72. The van der Waals surface area contributed by atoms with Crippen LogP contribution >= 0.6 is 23.2 Å². The summed E-state index contributed by atoms with van der Waals surface area (Å²) in [6.45, 7) is 0. The van der Waals surface area contributed by atoms with E-state index in [2.05, 4.69) is 4.99 Å². The Hall–Kier alpha value is -0.530. The van der Waals surface area contributed by atoms with Gasteiger partial charge < -0.3 is 0 Å². The minimum Gasteiger partial charge on any atom is -0.239 e. The normalized spacial score (nSPS) is 15.3. The number of aryl methyl sites for hydroxylation is 1. The second kappa shape index (κ2) is 3.08. The van der Waals surface area contributed by atoms with Crippen molar-refractivity contribution >= 4 is 34.1 Å². The molecule has 1 nitrogen and oxygen atoms in total. The lowest BCUT2D eigenvalue weighted by Crippen LogP contribution is -1.99. The van der Waals surface area contributed by atoms with Crippen LogP contribution in [-0.4, -0.2) is 5.17 Å². The molecule has 0 bridgehead atoms. The molecule has 0 fully saturated rings. The maximum absolute atomic E-state index is 5.94. The Morgan fingerprint density at radius 3 is 2.83 bits per heavy atom. The highest BCUT2D eigenvalue weighted by molar-refractivity contribution is 6.65. The fraction of sp³-hybridized carbons (Fsp3) is 0.222. The molecule has 0 spiro atoms. The summed E-state index contributed by atoms with van der Waals surface area (Å²) in [6, 6.07) is 5.81. The lowest BCUT2D eigenvalue weighted by atomic mass is 10.1. The van der Waals surface area contributed by atoms with E-state index >= 15 is 0 Å². The maximum atomic E-state index is 5.94. The zero-order chi connectivity index (χ0) is 8.55. The standard InChI is InChI=1S/C9H7Cl2N/c10-7-3-1-2-6-4-5-8(11)12-9(6)7/h1-3H,4-5H2. The van der Waals surface area contributed by atoms with Gasteiger partial charge >= 0.3 is 0 Å². The molecule has 0 saturated heterocycles. The van der Waals surface area contributed by atoms with Gasteiger partial charge in [0, 0.05) is 6.42 Å². The van der Waals surface area contributed by atoms with E-state index in [0.29, 0.717) is 10.2 Å². The predicted octanol–water partition coefficient (Wildman–Crippen LogP) is 3.56. The van der Waals surface area contributed by atoms with Crippen LogP contribution in [-0.2, 0) is 6.42 Å². The number of aliphatic imine (C=N–C) groups is 1. The number of fused-ring (bicyclic) bond motifs is 1. The lowest BCUT2D eigenvalue weighted by Gasteiger charge is -2.12. The highest BCUT2D eigenvalue weighted by Crippen LogP contribution is 2.33. The molecule has 1 aliphatic rings. The van der Waals surface area contributed by atoms with Gasteiger partial charge in [-0.25, -0.2) is 4.99 Å². The molecule has 0 aliphatic carbocycles. The molecule has 0 radical (unpaired) electrons. The lowest BCUT2D eigenvalue weighted by molar-refractivity contribution is 1.02. The maximum Gasteiger partial charge on any atom is 0.107 e. The van der Waals surface area contributed by atoms with Gasteiger partial charge in [0.25, 0.3) is 0 Å². The third kappa shape index (κ3) is 1.35. The van der Waals surface area contributed by atoms with Gasteiger partial charge in [0.1, 0.15) is 5.17 Å². The molecule has 1 heterocycles. The minimum atomic E-state index is 0.649. The van der Waals surface area contributed by atoms with Crippen LogP contribution in [0, 0.1) is 0 Å². The van der Waals surface area contributed by atoms with Crippen molar-refractivity contribution in [3.63, 3.8) is 0 Å². The molecular formula is C9H7Cl2N. The predicted molar refractivity (Wildman–Crippen MR) is 52.7 cm³/mol. The smallest absolute Gasteiger partial charge is 0.107 e. The number of halogens is 2. The largest absolute Gasteiger partial charge is 0.239 e. The van der Waals surface area contributed by atoms with Crippen LogP contribution in [0.15, 0.2) is 23.2 Å². The average Bonchev–Trinajstić information content (AvgIpc) is 2.07. The molecule has 0 N–H and O–H groups in total. The van der Waals surface area contributed by atoms with E-state index in [1.54, 1.807) is 0 Å². The van der Waals surface area contributed by atoms with Gasteiger partial charge in [0.2, 0.25) is 0 Å². The Bertz CT molecular complexity index is 344. The van der Waals surface area contributed by atoms with Crippen LogP contribution in [0.4, 0.5) is 5.69 Å². The highest BCUT2D eigenvalue weighted by Gasteiger charge is 2.12. The Morgan fingerprint density at radius 1 is 1.17 bits per heavy atom. The molecule has 62 valence electrons. The number of hydrogen-bond donors (Lipinski definition) is 0. The summed E-state index contributed by atoms with van der Waals surface area (Å²) in [5.74, 6) is 0. The Morgan fingerprint density at radius 2 is 2.00 bits per heavy atom. The van der Waals surface area contributed by atoms with Gasteiger partial charge in [0.05, 0.1) is 10.7 Å². The summed E-state index contributed by atoms with van der Waals surface area (Å²) in [6.07, 6.45) is 1.77. The van der Waals surface area contributed by atoms with Crippen LogP contribution in [0.25, 0.3) is 0 Å². The van der Waals surface area contributed by atoms with Crippen LogP contribution < -0.4 is 0 Å². The average molecular weight is 200 g/mol. The molecule has 12 heavy (non-hydrogen) atoms. The number of hydrogen-bond acceptors (Lipinski definition) is 1. The monoisotopic (exact) mass is 199 g/mol. The van der Waals surface area contributed by atoms with Crippen LogP contribution in [0.2, 0.25) is 5.02 Å². The van der Waals surface area contributed by atoms with E-state index in [4.69, 9.17) is 23.2 Å². The molecule has 2 rings (SSSR count). The van der Waals surface area contributed by atoms with E-state index < -0.39 is 0 Å². The van der Waals surface area contributed by atoms with Gasteiger partial charge in [-0.2, -0.15) is 0 Å². The first-order chi connectivity index (χ1) is 5.77. The Kier molecular flexibility index (Phi) is 2.07. The van der Waals surface area contributed by atoms with Crippen molar-refractivity contribution in [1.82, 2.24) is 0 Å². The van der Waals surface area contributed by atoms with E-state index in [-0.39, 0.29) is 0 Å². The third-order valence-corrected chi connectivity index (χ3v) is 2.48. The summed E-state index contributed by atoms with van der Waals surface area (Å²) >= 11 is 11.7. The van der Waals surface area contributed by atoms with Gasteiger partial charge in [-0.15, -0.1) is 0 Å². The van der Waals surface area contributed by atoms with E-state index in [0.717, 1.165) is 18.5 Å². The zero-order valence-corrected chi connectivity index (χ0v) is 7.86. The van der Waals surface area contributed by atoms with Gasteiger partial charge in [-0.3, -0.25) is 0 Å². The molecule has 1 aliphatic heterocycles. The zero-order valence-electron chi connectivity index (χ0n) is 6.35. The molecule has 0 aromatic heterocycles. The number of rotatable bonds is 0. The summed E-state index contributed by atoms with van der Waals surface area (Å²) in [7, 11) is 0. The third-order valence-electron chi connectivity index (χ3n) is 1.90. The topological polar surface area (TPSA) is 12.4 Å². The SMILES string of the molecule is ClC1=Nc2c(Cl)cccc2CC1. The molecule has 0 unspecified atom stereocenters. The second-order valence-electron chi connectivity index (χ2n) is 2.74. The molecule has 1 aromatic carbocycles. The fourth-order valence-electron chi connectivity index (χ4n) is 1.30. The van der Waals surface area contributed by atoms with E-state index in [1.807, 2.05) is 18.2 Å². The Balaban J connectivity index is 2.59. The van der Waals surface area contributed by atoms with Crippen LogP contribution in [0.1, 0.15) is 12.0 Å². The van der Waals surface area contributed by atoms with Crippen molar-refractivity contribution < 1.29 is 0 Å². The van der Waals surface area contributed by atoms with Crippen molar-refractivity contribution in [2.45, 2.75) is 12.8 Å². The van der Waals surface area contributed by atoms with Gasteiger partial charge in [-0.1, -0.05) is 35.3 Å². The molecule has 1 aromatic rings. The number of benzene rings is 1. The van der Waals surface area contributed by atoms with Crippen molar-refractivity contribution in [1.29, 1.82) is 0 Å². The van der Waals surface area contributed by atoms with Crippen molar-refractivity contribution in [3.8, 4) is 0 Å². The summed E-state index contributed by atoms with van der Waals surface area (Å²) in [5.41, 5.74) is 2.03. The first-order valence-electron chi connectivity index (χ1n) is 3.78. The van der Waals surface area contributed by atoms with Crippen molar-refractivity contribution in [2.24, 2.45) is 4.99 Å². The molecule has 3 heteroatoms. The summed E-state index contributed by atoms with van der Waals surface area (Å²) in [5, 5.41) is 1.33. The molecular weight excluding hydrogens is 193 g/mol. The first-order valence-corrected chi connectivity index (χ1v) is 4.53. The van der Waals surface area contributed by atoms with E-state index in [1.165, 1.54) is 5.56 Å². The molecule has 0 amide bonds. The minimum absolute atomic E-state index is 0.649. The van der Waals surface area contributed by atoms with Crippen molar-refractivity contribution in [2.75, 3.05) is 0 Å². The van der Waals surface area contributed by atoms with Gasteiger partial charge in [0.15, 0.2) is 0 Å². The summed E-state index contributed by atoms with van der Waals surface area (Å²) < 4.78 is 0. The highest BCUT2D eigenvalue weighted by atomic mass is 35.5. The Labute approximate surface area is 81.0 Å². The van der Waals surface area contributed by atoms with Crippen LogP contribution in [0.3, 0.4) is 0 Å². The van der Waals surface area contributed by atoms with E-state index in [9.17, 15) is 0 Å². The number of nitrogens with zero attached hydrogens (tertiary/aromatic N) is 1. The second-order valence-corrected chi connectivity index (χ2v) is 3.58. The molecule has 0 saturated carbocycles. The summed E-state index contributed by atoms with van der Waals surface area (Å²) in [4.78, 5) is 4.20. The van der Waals surface area contributed by atoms with Gasteiger partial charge in [-0.05, 0) is 18.1 Å². The quantitative estimate of drug-likeness (QED) is 0.607.